The average Bonchev–Trinajstić information content (AvgIpc) is 3.37. The first kappa shape index (κ1) is 36.4. The lowest BCUT2D eigenvalue weighted by Gasteiger charge is -2.60. The molecule has 5 rings (SSSR count). The first-order valence-electron chi connectivity index (χ1n) is 18.0. The largest absolute Gasteiger partial charge is 0.494 e. The highest BCUT2D eigenvalue weighted by atomic mass is 32.2. The second-order valence-electron chi connectivity index (χ2n) is 14.8. The molecule has 0 aromatic heterocycles. The van der Waals surface area contributed by atoms with Crippen LogP contribution in [0.3, 0.4) is 0 Å². The summed E-state index contributed by atoms with van der Waals surface area (Å²) in [5, 5.41) is 16.5. The third kappa shape index (κ3) is 7.79. The Hall–Kier alpha value is -2.88. The lowest BCUT2D eigenvalue weighted by atomic mass is 9.44. The first-order chi connectivity index (χ1) is 22.9. The second-order valence-corrected chi connectivity index (χ2v) is 15.9. The number of aliphatic hydroxyl groups excluding tert-OH is 1. The number of nitrogens with two attached hydrogens (primary N) is 1. The van der Waals surface area contributed by atoms with Gasteiger partial charge in [-0.3, -0.25) is 4.79 Å². The Labute approximate surface area is 288 Å². The molecule has 2 saturated carbocycles. The molecular weight excluding hydrogens is 625 g/mol. The lowest BCUT2D eigenvalue weighted by Crippen LogP contribution is -2.53. The van der Waals surface area contributed by atoms with Crippen molar-refractivity contribution in [2.45, 2.75) is 115 Å². The molecule has 2 aromatic carbocycles. The van der Waals surface area contributed by atoms with Gasteiger partial charge in [0.25, 0.3) is 0 Å². The third-order valence-electron chi connectivity index (χ3n) is 11.8. The van der Waals surface area contributed by atoms with E-state index < -0.39 is 10.3 Å². The molecule has 48 heavy (non-hydrogen) atoms. The number of benzene rings is 2. The number of carbonyl (C=O) groups excluding carboxylic acids is 1. The average molecular weight is 681 g/mol. The molecule has 2 fully saturated rings. The Morgan fingerprint density at radius 1 is 1.06 bits per heavy atom. The number of hydrogen-bond donors (Lipinski definition) is 2. The highest BCUT2D eigenvalue weighted by molar-refractivity contribution is 7.84. The Balaban J connectivity index is 1.24. The van der Waals surface area contributed by atoms with Gasteiger partial charge in [0.1, 0.15) is 11.5 Å². The van der Waals surface area contributed by atoms with E-state index in [0.717, 1.165) is 94.9 Å². The molecule has 264 valence electrons. The molecule has 2 unspecified atom stereocenters. The van der Waals surface area contributed by atoms with Gasteiger partial charge in [-0.15, -0.1) is 6.58 Å². The fourth-order valence-corrected chi connectivity index (χ4v) is 9.71. The van der Waals surface area contributed by atoms with Crippen LogP contribution in [0.4, 0.5) is 0 Å². The van der Waals surface area contributed by atoms with E-state index in [1.807, 2.05) is 24.1 Å². The summed E-state index contributed by atoms with van der Waals surface area (Å²) in [7, 11) is -2.21. The Bertz CT molecular complexity index is 1530. The van der Waals surface area contributed by atoms with Gasteiger partial charge in [0.15, 0.2) is 0 Å². The van der Waals surface area contributed by atoms with Crippen LogP contribution in [0.5, 0.6) is 11.5 Å². The highest BCUT2D eigenvalue weighted by Crippen LogP contribution is 2.71. The van der Waals surface area contributed by atoms with E-state index in [9.17, 15) is 18.3 Å². The van der Waals surface area contributed by atoms with E-state index in [0.29, 0.717) is 18.9 Å². The maximum absolute atomic E-state index is 12.2. The van der Waals surface area contributed by atoms with Crippen molar-refractivity contribution in [1.82, 2.24) is 4.90 Å². The number of fused-ring (bicyclic) bond motifs is 5. The topological polar surface area (TPSA) is 119 Å². The van der Waals surface area contributed by atoms with Crippen LogP contribution in [-0.2, 0) is 21.5 Å². The van der Waals surface area contributed by atoms with Crippen LogP contribution < -0.4 is 14.1 Å². The van der Waals surface area contributed by atoms with E-state index in [-0.39, 0.29) is 40.4 Å². The zero-order valence-electron chi connectivity index (χ0n) is 29.2. The predicted molar refractivity (Wildman–Crippen MR) is 190 cm³/mol. The van der Waals surface area contributed by atoms with Gasteiger partial charge in [0.05, 0.1) is 12.7 Å². The van der Waals surface area contributed by atoms with Gasteiger partial charge >= 0.3 is 10.3 Å². The standard InChI is InChI=1S/C39H56N2O6S/c1-5-7-24-41(4)36(43)13-11-9-8-10-12-25-46-30-16-14-28(15-17-30)33-27-38(3)34(20-21-35(38)42)39(6-2)23-22-29-26-31(47-48(40,44)45)18-19-32(29)37(33)39/h6,14-19,26,33-35,37,42H,2,5,7-13,20-25,27H2,1,3-4H3,(H2,40,44,45)/t33-,34?,35+,37?,38+,39+/m1/s1. The summed E-state index contributed by atoms with van der Waals surface area (Å²) in [6.07, 6.45) is 14.1. The van der Waals surface area contributed by atoms with Crippen molar-refractivity contribution in [1.29, 1.82) is 0 Å². The fraction of sp³-hybridized carbons (Fsp3) is 0.615. The van der Waals surface area contributed by atoms with Gasteiger partial charge in [0, 0.05) is 25.9 Å². The summed E-state index contributed by atoms with van der Waals surface area (Å²) < 4.78 is 34.5. The molecule has 0 heterocycles. The van der Waals surface area contributed by atoms with Gasteiger partial charge in [-0.25, -0.2) is 0 Å². The summed E-state index contributed by atoms with van der Waals surface area (Å²) in [5.74, 6) is 1.91. The smallest absolute Gasteiger partial charge is 0.380 e. The number of allylic oxidation sites excluding steroid dienone is 1. The van der Waals surface area contributed by atoms with Crippen molar-refractivity contribution in [3.63, 3.8) is 0 Å². The summed E-state index contributed by atoms with van der Waals surface area (Å²) in [4.78, 5) is 14.1. The van der Waals surface area contributed by atoms with Crippen LogP contribution >= 0.6 is 0 Å². The number of ether oxygens (including phenoxy) is 1. The fourth-order valence-electron chi connectivity index (χ4n) is 9.34. The zero-order valence-corrected chi connectivity index (χ0v) is 30.0. The van der Waals surface area contributed by atoms with Gasteiger partial charge in [-0.05, 0) is 115 Å². The minimum Gasteiger partial charge on any atom is -0.494 e. The second kappa shape index (κ2) is 15.3. The zero-order chi connectivity index (χ0) is 34.5. The summed E-state index contributed by atoms with van der Waals surface area (Å²) in [6.45, 7) is 10.3. The van der Waals surface area contributed by atoms with Gasteiger partial charge in [0.2, 0.25) is 5.91 Å². The SMILES string of the molecule is C=C[C@@]12CCc3cc(OS(N)(=O)=O)ccc3C1[C@@H](c1ccc(OCCCCCCCC(=O)N(C)CCCC)cc1)C[C@@]1(C)C2CC[C@@H]1O. The number of unbranched alkanes of at least 4 members (excludes halogenated alkanes) is 5. The van der Waals surface area contributed by atoms with E-state index in [1.165, 1.54) is 11.1 Å². The van der Waals surface area contributed by atoms with Crippen LogP contribution in [0, 0.1) is 16.7 Å². The quantitative estimate of drug-likeness (QED) is 0.141. The highest BCUT2D eigenvalue weighted by Gasteiger charge is 2.63. The van der Waals surface area contributed by atoms with Crippen LogP contribution in [0.2, 0.25) is 0 Å². The third-order valence-corrected chi connectivity index (χ3v) is 12.3. The van der Waals surface area contributed by atoms with Crippen LogP contribution in [0.1, 0.15) is 119 Å². The number of rotatable bonds is 16. The molecule has 3 N–H and O–H groups in total. The Morgan fingerprint density at radius 3 is 2.48 bits per heavy atom. The maximum Gasteiger partial charge on any atom is 0.380 e. The van der Waals surface area contributed by atoms with Crippen LogP contribution in [0.25, 0.3) is 0 Å². The van der Waals surface area contributed by atoms with Crippen molar-refractivity contribution in [2.24, 2.45) is 21.9 Å². The molecule has 0 radical (unpaired) electrons. The number of aryl methyl sites for hydroxylation is 1. The molecule has 1 amide bonds. The van der Waals surface area contributed by atoms with E-state index in [1.54, 1.807) is 6.07 Å². The van der Waals surface area contributed by atoms with E-state index in [4.69, 9.17) is 14.1 Å². The number of aliphatic hydroxyl groups is 1. The van der Waals surface area contributed by atoms with Crippen molar-refractivity contribution < 1.29 is 27.2 Å². The molecule has 8 nitrogen and oxygen atoms in total. The number of carbonyl (C=O) groups is 1. The number of amides is 1. The van der Waals surface area contributed by atoms with Gasteiger partial charge < -0.3 is 18.9 Å². The summed E-state index contributed by atoms with van der Waals surface area (Å²) >= 11 is 0. The lowest BCUT2D eigenvalue weighted by molar-refractivity contribution is -0.130. The van der Waals surface area contributed by atoms with Crippen molar-refractivity contribution in [3.05, 3.63) is 71.8 Å². The molecular formula is C39H56N2O6S. The molecule has 6 atom stereocenters. The molecule has 0 saturated heterocycles. The normalized spacial score (nSPS) is 27.8. The number of hydrogen-bond acceptors (Lipinski definition) is 6. The Morgan fingerprint density at radius 2 is 1.77 bits per heavy atom. The first-order valence-corrected chi connectivity index (χ1v) is 19.5. The van der Waals surface area contributed by atoms with Crippen molar-refractivity contribution in [3.8, 4) is 11.5 Å². The van der Waals surface area contributed by atoms with E-state index >= 15 is 0 Å². The molecule has 0 aliphatic heterocycles. The van der Waals surface area contributed by atoms with Crippen molar-refractivity contribution >= 4 is 16.2 Å². The van der Waals surface area contributed by atoms with Crippen LogP contribution in [0.15, 0.2) is 55.1 Å². The van der Waals surface area contributed by atoms with Gasteiger partial charge in [-0.2, -0.15) is 13.6 Å². The summed E-state index contributed by atoms with van der Waals surface area (Å²) in [5.41, 5.74) is 3.07. The number of nitrogens with zero attached hydrogens (tertiary/aromatic N) is 1. The minimum absolute atomic E-state index is 0.129. The molecule has 3 aliphatic carbocycles. The molecule has 3 aliphatic rings. The van der Waals surface area contributed by atoms with E-state index in [2.05, 4.69) is 50.8 Å². The molecule has 0 bridgehead atoms. The molecule has 9 heteroatoms. The minimum atomic E-state index is -4.12. The summed E-state index contributed by atoms with van der Waals surface area (Å²) in [6, 6.07) is 14.0. The maximum atomic E-state index is 12.2. The molecule has 0 spiro atoms. The van der Waals surface area contributed by atoms with Crippen LogP contribution in [-0.4, -0.2) is 50.6 Å². The van der Waals surface area contributed by atoms with Gasteiger partial charge in [-0.1, -0.05) is 63.8 Å². The van der Waals surface area contributed by atoms with Crippen molar-refractivity contribution in [2.75, 3.05) is 20.2 Å². The predicted octanol–water partition coefficient (Wildman–Crippen LogP) is 7.41. The molecule has 2 aromatic rings. The monoisotopic (exact) mass is 680 g/mol. The Kier molecular flexibility index (Phi) is 11.6.